The van der Waals surface area contributed by atoms with Crippen molar-refractivity contribution in [1.82, 2.24) is 0 Å². The van der Waals surface area contributed by atoms with E-state index in [2.05, 4.69) is 10.6 Å². The normalized spacial score (nSPS) is 15.9. The number of benzene rings is 3. The minimum Gasteiger partial charge on any atom is -0.508 e. The van der Waals surface area contributed by atoms with Crippen molar-refractivity contribution >= 4 is 28.8 Å². The number of carbonyl (C=O) groups excluding carboxylic acids is 2. The number of anilines is 2. The van der Waals surface area contributed by atoms with Gasteiger partial charge in [-0.2, -0.15) is 13.2 Å². The van der Waals surface area contributed by atoms with Crippen LogP contribution in [0.5, 0.6) is 5.75 Å². The quantitative estimate of drug-likeness (QED) is 0.300. The number of hydrogen-bond acceptors (Lipinski definition) is 4. The predicted octanol–water partition coefficient (Wildman–Crippen LogP) is 4.89. The van der Waals surface area contributed by atoms with Gasteiger partial charge in [0, 0.05) is 29.4 Å². The van der Waals surface area contributed by atoms with Crippen molar-refractivity contribution in [2.75, 3.05) is 10.6 Å². The fourth-order valence-corrected chi connectivity index (χ4v) is 3.79. The van der Waals surface area contributed by atoms with Crippen molar-refractivity contribution in [2.45, 2.75) is 18.7 Å². The van der Waals surface area contributed by atoms with Gasteiger partial charge in [0.15, 0.2) is 0 Å². The first-order valence-electron chi connectivity index (χ1n) is 10.9. The van der Waals surface area contributed by atoms with Crippen LogP contribution in [-0.4, -0.2) is 28.1 Å². The Morgan fingerprint density at radius 1 is 1.00 bits per heavy atom. The number of allylic oxidation sites excluding steroid dienone is 2. The summed E-state index contributed by atoms with van der Waals surface area (Å²) in [4.78, 5) is 24.2. The Morgan fingerprint density at radius 2 is 1.64 bits per heavy atom. The second kappa shape index (κ2) is 10.1. The first kappa shape index (κ1) is 24.7. The van der Waals surface area contributed by atoms with Crippen LogP contribution >= 0.6 is 0 Å². The van der Waals surface area contributed by atoms with Gasteiger partial charge >= 0.3 is 6.18 Å². The lowest BCUT2D eigenvalue weighted by Gasteiger charge is -2.23. The minimum absolute atomic E-state index is 0.0351. The minimum atomic E-state index is -4.46. The summed E-state index contributed by atoms with van der Waals surface area (Å²) >= 11 is 0. The topological polar surface area (TPSA) is 98.7 Å². The van der Waals surface area contributed by atoms with E-state index in [1.165, 1.54) is 36.4 Å². The third-order valence-corrected chi connectivity index (χ3v) is 5.60. The Bertz CT molecular complexity index is 1340. The second-order valence-electron chi connectivity index (χ2n) is 8.09. The van der Waals surface area contributed by atoms with E-state index in [0.29, 0.717) is 33.6 Å². The third kappa shape index (κ3) is 5.64. The van der Waals surface area contributed by atoms with E-state index in [-0.39, 0.29) is 12.2 Å². The van der Waals surface area contributed by atoms with Crippen molar-refractivity contribution < 1.29 is 33.0 Å². The highest BCUT2D eigenvalue weighted by Gasteiger charge is 2.30. The number of fused-ring (bicyclic) bond motifs is 1. The molecule has 2 amide bonds. The van der Waals surface area contributed by atoms with E-state index in [1.807, 2.05) is 0 Å². The number of alkyl halides is 3. The van der Waals surface area contributed by atoms with Crippen LogP contribution in [0.2, 0.25) is 0 Å². The van der Waals surface area contributed by atoms with Crippen LogP contribution in [0.3, 0.4) is 0 Å². The van der Waals surface area contributed by atoms with E-state index >= 15 is 0 Å². The lowest BCUT2D eigenvalue weighted by Crippen LogP contribution is -2.34. The zero-order valence-corrected chi connectivity index (χ0v) is 18.7. The average molecular weight is 494 g/mol. The van der Waals surface area contributed by atoms with E-state index < -0.39 is 29.7 Å². The molecule has 3 aromatic rings. The van der Waals surface area contributed by atoms with Gasteiger partial charge in [0.05, 0.1) is 5.56 Å². The standard InChI is InChI=1S/C27H21F3N2O4/c28-27(29,30)18-11-7-16(8-12-18)20(17-9-13-19(33)14-10-17)3-1-6-25(35)31-22-4-2-5-23-21(22)15-24(34)26(36)32-23/h1-14,24,33-34H,15H2,(H,31,35)(H,32,36)/b6-1+,20-3-. The maximum Gasteiger partial charge on any atom is 0.416 e. The molecule has 3 aromatic carbocycles. The highest BCUT2D eigenvalue weighted by Crippen LogP contribution is 2.32. The average Bonchev–Trinajstić information content (AvgIpc) is 2.83. The fraction of sp³-hybridized carbons (Fsp3) is 0.111. The van der Waals surface area contributed by atoms with Crippen LogP contribution in [0, 0.1) is 0 Å². The van der Waals surface area contributed by atoms with Crippen LogP contribution in [0.4, 0.5) is 24.5 Å². The van der Waals surface area contributed by atoms with Gasteiger partial charge in [-0.15, -0.1) is 0 Å². The number of nitrogens with one attached hydrogen (secondary N) is 2. The Balaban J connectivity index is 1.58. The van der Waals surface area contributed by atoms with Crippen LogP contribution in [0.25, 0.3) is 5.57 Å². The van der Waals surface area contributed by atoms with E-state index in [0.717, 1.165) is 12.1 Å². The number of aliphatic hydroxyl groups is 1. The zero-order valence-electron chi connectivity index (χ0n) is 18.7. The van der Waals surface area contributed by atoms with Gasteiger partial charge in [0.25, 0.3) is 5.91 Å². The van der Waals surface area contributed by atoms with Crippen molar-refractivity contribution in [2.24, 2.45) is 0 Å². The first-order valence-corrected chi connectivity index (χ1v) is 10.9. The van der Waals surface area contributed by atoms with Crippen molar-refractivity contribution in [1.29, 1.82) is 0 Å². The fourth-order valence-electron chi connectivity index (χ4n) is 3.79. The summed E-state index contributed by atoms with van der Waals surface area (Å²) in [5.74, 6) is -0.961. The molecular formula is C27H21F3N2O4. The molecular weight excluding hydrogens is 473 g/mol. The zero-order chi connectivity index (χ0) is 25.9. The molecule has 0 aliphatic carbocycles. The summed E-state index contributed by atoms with van der Waals surface area (Å²) in [7, 11) is 0. The summed E-state index contributed by atoms with van der Waals surface area (Å²) in [6, 6.07) is 15.7. The Hall–Kier alpha value is -4.37. The summed E-state index contributed by atoms with van der Waals surface area (Å²) in [6.45, 7) is 0. The molecule has 1 heterocycles. The maximum atomic E-state index is 13.0. The number of rotatable bonds is 5. The van der Waals surface area contributed by atoms with E-state index in [4.69, 9.17) is 0 Å². The van der Waals surface area contributed by atoms with Gasteiger partial charge in [-0.1, -0.05) is 42.5 Å². The molecule has 1 atom stereocenters. The molecule has 184 valence electrons. The van der Waals surface area contributed by atoms with E-state index in [1.54, 1.807) is 36.4 Å². The van der Waals surface area contributed by atoms with Crippen molar-refractivity contribution in [3.63, 3.8) is 0 Å². The second-order valence-corrected chi connectivity index (χ2v) is 8.09. The smallest absolute Gasteiger partial charge is 0.416 e. The molecule has 0 saturated carbocycles. The number of phenolic OH excluding ortho intramolecular Hbond substituents is 1. The number of amides is 2. The van der Waals surface area contributed by atoms with E-state index in [9.17, 15) is 33.0 Å². The summed E-state index contributed by atoms with van der Waals surface area (Å²) in [5, 5.41) is 24.7. The number of aliphatic hydroxyl groups excluding tert-OH is 1. The molecule has 0 aromatic heterocycles. The van der Waals surface area contributed by atoms with Crippen LogP contribution in [0.1, 0.15) is 22.3 Å². The molecule has 0 saturated heterocycles. The highest BCUT2D eigenvalue weighted by atomic mass is 19.4. The number of aromatic hydroxyl groups is 1. The summed E-state index contributed by atoms with van der Waals surface area (Å²) in [5.41, 5.74) is 2.40. The molecule has 36 heavy (non-hydrogen) atoms. The molecule has 9 heteroatoms. The molecule has 4 N–H and O–H groups in total. The van der Waals surface area contributed by atoms with Crippen LogP contribution < -0.4 is 10.6 Å². The number of halogens is 3. The van der Waals surface area contributed by atoms with Gasteiger partial charge in [-0.3, -0.25) is 9.59 Å². The van der Waals surface area contributed by atoms with Gasteiger partial charge < -0.3 is 20.8 Å². The van der Waals surface area contributed by atoms with Crippen molar-refractivity contribution in [3.8, 4) is 5.75 Å². The van der Waals surface area contributed by atoms with Crippen molar-refractivity contribution in [3.05, 3.63) is 107 Å². The molecule has 0 fully saturated rings. The monoisotopic (exact) mass is 494 g/mol. The Labute approximate surface area is 204 Å². The Kier molecular flexibility index (Phi) is 6.93. The number of hydrogen-bond donors (Lipinski definition) is 4. The molecule has 6 nitrogen and oxygen atoms in total. The molecule has 1 aliphatic heterocycles. The molecule has 0 radical (unpaired) electrons. The molecule has 0 bridgehead atoms. The molecule has 1 unspecified atom stereocenters. The number of phenols is 1. The van der Waals surface area contributed by atoms with Gasteiger partial charge in [0.2, 0.25) is 5.91 Å². The number of carbonyl (C=O) groups is 2. The lowest BCUT2D eigenvalue weighted by atomic mass is 9.96. The highest BCUT2D eigenvalue weighted by molar-refractivity contribution is 6.03. The lowest BCUT2D eigenvalue weighted by molar-refractivity contribution is -0.137. The third-order valence-electron chi connectivity index (χ3n) is 5.60. The van der Waals surface area contributed by atoms with Gasteiger partial charge in [-0.25, -0.2) is 0 Å². The predicted molar refractivity (Wildman–Crippen MR) is 129 cm³/mol. The van der Waals surface area contributed by atoms with Crippen LogP contribution in [0.15, 0.2) is 85.0 Å². The maximum absolute atomic E-state index is 13.0. The molecule has 1 aliphatic rings. The van der Waals surface area contributed by atoms with Gasteiger partial charge in [0.1, 0.15) is 11.9 Å². The summed E-state index contributed by atoms with van der Waals surface area (Å²) in [6.07, 6.45) is -1.33. The largest absolute Gasteiger partial charge is 0.508 e. The first-order chi connectivity index (χ1) is 17.1. The SMILES string of the molecule is O=C(/C=C/C=C(\c1ccc(O)cc1)c1ccc(C(F)(F)F)cc1)Nc1cccc2c1CC(O)C(=O)N2. The molecule has 4 rings (SSSR count). The Morgan fingerprint density at radius 3 is 2.28 bits per heavy atom. The molecule has 0 spiro atoms. The summed E-state index contributed by atoms with van der Waals surface area (Å²) < 4.78 is 38.9. The van der Waals surface area contributed by atoms with Gasteiger partial charge in [-0.05, 0) is 53.1 Å². The van der Waals surface area contributed by atoms with Crippen LogP contribution in [-0.2, 0) is 22.2 Å².